The number of benzene rings is 2. The van der Waals surface area contributed by atoms with Gasteiger partial charge in [-0.2, -0.15) is 0 Å². The SMILES string of the molecule is CCn1c([C@H](C)NC(=O)c2ccc(COC)cc2)nc2ccccc21. The Labute approximate surface area is 147 Å². The standard InChI is InChI=1S/C20H23N3O2/c1-4-23-18-8-6-5-7-17(18)22-19(23)14(2)21-20(24)16-11-9-15(10-12-16)13-25-3/h5-12,14H,4,13H2,1-3H3,(H,21,24)/t14-/m0/s1. The third-order valence-electron chi connectivity index (χ3n) is 4.26. The van der Waals surface area contributed by atoms with Gasteiger partial charge in [-0.25, -0.2) is 4.98 Å². The average Bonchev–Trinajstić information content (AvgIpc) is 3.01. The summed E-state index contributed by atoms with van der Waals surface area (Å²) in [4.78, 5) is 17.2. The lowest BCUT2D eigenvalue weighted by Crippen LogP contribution is -2.28. The van der Waals surface area contributed by atoms with Crippen LogP contribution in [0.5, 0.6) is 0 Å². The van der Waals surface area contributed by atoms with Crippen LogP contribution in [0.3, 0.4) is 0 Å². The fraction of sp³-hybridized carbons (Fsp3) is 0.300. The van der Waals surface area contributed by atoms with Gasteiger partial charge in [0.2, 0.25) is 0 Å². The Morgan fingerprint density at radius 1 is 1.20 bits per heavy atom. The van der Waals surface area contributed by atoms with E-state index in [1.54, 1.807) is 7.11 Å². The molecule has 0 unspecified atom stereocenters. The van der Waals surface area contributed by atoms with Gasteiger partial charge in [-0.05, 0) is 43.7 Å². The lowest BCUT2D eigenvalue weighted by Gasteiger charge is -2.15. The molecule has 0 saturated heterocycles. The second-order valence-electron chi connectivity index (χ2n) is 6.03. The first-order valence-electron chi connectivity index (χ1n) is 8.48. The molecule has 3 rings (SSSR count). The number of rotatable bonds is 6. The van der Waals surface area contributed by atoms with Gasteiger partial charge in [-0.3, -0.25) is 4.79 Å². The van der Waals surface area contributed by atoms with Crippen LogP contribution in [0.1, 0.15) is 41.6 Å². The number of imidazole rings is 1. The minimum atomic E-state index is -0.182. The Hall–Kier alpha value is -2.66. The van der Waals surface area contributed by atoms with E-state index in [4.69, 9.17) is 9.72 Å². The third kappa shape index (κ3) is 3.56. The average molecular weight is 337 g/mol. The molecule has 0 aliphatic carbocycles. The van der Waals surface area contributed by atoms with Crippen LogP contribution in [0.15, 0.2) is 48.5 Å². The Balaban J connectivity index is 1.79. The highest BCUT2D eigenvalue weighted by atomic mass is 16.5. The summed E-state index contributed by atoms with van der Waals surface area (Å²) in [7, 11) is 1.65. The van der Waals surface area contributed by atoms with Crippen LogP contribution in [0.4, 0.5) is 0 Å². The molecule has 25 heavy (non-hydrogen) atoms. The van der Waals surface area contributed by atoms with Gasteiger partial charge < -0.3 is 14.6 Å². The van der Waals surface area contributed by atoms with Crippen LogP contribution in [-0.4, -0.2) is 22.6 Å². The van der Waals surface area contributed by atoms with E-state index in [1.807, 2.05) is 49.4 Å². The zero-order valence-electron chi connectivity index (χ0n) is 14.8. The molecule has 0 saturated carbocycles. The Bertz CT molecular complexity index is 868. The fourth-order valence-corrected chi connectivity index (χ4v) is 3.02. The number of nitrogens with zero attached hydrogens (tertiary/aromatic N) is 2. The van der Waals surface area contributed by atoms with Crippen LogP contribution in [0.2, 0.25) is 0 Å². The predicted molar refractivity (Wildman–Crippen MR) is 98.4 cm³/mol. The highest BCUT2D eigenvalue weighted by molar-refractivity contribution is 5.94. The van der Waals surface area contributed by atoms with Crippen LogP contribution >= 0.6 is 0 Å². The summed E-state index contributed by atoms with van der Waals surface area (Å²) < 4.78 is 7.23. The molecule has 1 heterocycles. The molecule has 0 aliphatic rings. The summed E-state index contributed by atoms with van der Waals surface area (Å²) in [6, 6.07) is 15.3. The largest absolute Gasteiger partial charge is 0.380 e. The predicted octanol–water partition coefficient (Wildman–Crippen LogP) is 3.69. The number of fused-ring (bicyclic) bond motifs is 1. The summed E-state index contributed by atoms with van der Waals surface area (Å²) in [6.07, 6.45) is 0. The van der Waals surface area contributed by atoms with E-state index < -0.39 is 0 Å². The highest BCUT2D eigenvalue weighted by Gasteiger charge is 2.18. The van der Waals surface area contributed by atoms with Crippen molar-refractivity contribution in [3.05, 3.63) is 65.5 Å². The molecule has 0 radical (unpaired) electrons. The molecule has 2 aromatic carbocycles. The number of para-hydroxylation sites is 2. The summed E-state index contributed by atoms with van der Waals surface area (Å²) in [6.45, 7) is 5.39. The number of hydrogen-bond acceptors (Lipinski definition) is 3. The summed E-state index contributed by atoms with van der Waals surface area (Å²) in [5.41, 5.74) is 3.71. The number of carbonyl (C=O) groups excluding carboxylic acids is 1. The number of methoxy groups -OCH3 is 1. The van der Waals surface area contributed by atoms with Gasteiger partial charge in [-0.1, -0.05) is 24.3 Å². The highest BCUT2D eigenvalue weighted by Crippen LogP contribution is 2.21. The number of ether oxygens (including phenoxy) is 1. The van der Waals surface area contributed by atoms with Gasteiger partial charge in [0.25, 0.3) is 5.91 Å². The van der Waals surface area contributed by atoms with E-state index in [2.05, 4.69) is 22.9 Å². The van der Waals surface area contributed by atoms with Gasteiger partial charge in [0.1, 0.15) is 5.82 Å². The van der Waals surface area contributed by atoms with E-state index in [-0.39, 0.29) is 11.9 Å². The fourth-order valence-electron chi connectivity index (χ4n) is 3.02. The van der Waals surface area contributed by atoms with Crippen molar-refractivity contribution in [3.8, 4) is 0 Å². The summed E-state index contributed by atoms with van der Waals surface area (Å²) in [5.74, 6) is 0.763. The van der Waals surface area contributed by atoms with E-state index >= 15 is 0 Å². The van der Waals surface area contributed by atoms with Crippen LogP contribution < -0.4 is 5.32 Å². The zero-order chi connectivity index (χ0) is 17.8. The number of carbonyl (C=O) groups is 1. The minimum absolute atomic E-state index is 0.105. The van der Waals surface area contributed by atoms with Crippen LogP contribution in [0.25, 0.3) is 11.0 Å². The Kier molecular flexibility index (Phi) is 5.14. The van der Waals surface area contributed by atoms with Gasteiger partial charge in [0.05, 0.1) is 23.7 Å². The molecular weight excluding hydrogens is 314 g/mol. The molecule has 0 bridgehead atoms. The normalized spacial score (nSPS) is 12.3. The maximum Gasteiger partial charge on any atom is 0.251 e. The first-order chi connectivity index (χ1) is 12.1. The van der Waals surface area contributed by atoms with E-state index in [0.717, 1.165) is 29.0 Å². The molecule has 0 aliphatic heterocycles. The van der Waals surface area contributed by atoms with Crippen molar-refractivity contribution in [2.75, 3.05) is 7.11 Å². The van der Waals surface area contributed by atoms with Crippen molar-refractivity contribution in [3.63, 3.8) is 0 Å². The van der Waals surface area contributed by atoms with Crippen molar-refractivity contribution < 1.29 is 9.53 Å². The lowest BCUT2D eigenvalue weighted by molar-refractivity contribution is 0.0937. The van der Waals surface area contributed by atoms with Crippen molar-refractivity contribution in [1.29, 1.82) is 0 Å². The molecular formula is C20H23N3O2. The molecule has 1 atom stereocenters. The molecule has 1 aromatic heterocycles. The van der Waals surface area contributed by atoms with Crippen LogP contribution in [-0.2, 0) is 17.9 Å². The quantitative estimate of drug-likeness (QED) is 0.746. The van der Waals surface area contributed by atoms with Crippen molar-refractivity contribution in [1.82, 2.24) is 14.9 Å². The molecule has 130 valence electrons. The number of nitrogens with one attached hydrogen (secondary N) is 1. The second-order valence-corrected chi connectivity index (χ2v) is 6.03. The van der Waals surface area contributed by atoms with Gasteiger partial charge in [0.15, 0.2) is 0 Å². The number of aromatic nitrogens is 2. The monoisotopic (exact) mass is 337 g/mol. The van der Waals surface area contributed by atoms with E-state index in [9.17, 15) is 4.79 Å². The molecule has 5 nitrogen and oxygen atoms in total. The Morgan fingerprint density at radius 2 is 1.92 bits per heavy atom. The molecule has 1 amide bonds. The molecule has 5 heteroatoms. The van der Waals surface area contributed by atoms with Gasteiger partial charge in [0, 0.05) is 19.2 Å². The van der Waals surface area contributed by atoms with Crippen molar-refractivity contribution >= 4 is 16.9 Å². The number of hydrogen-bond donors (Lipinski definition) is 1. The minimum Gasteiger partial charge on any atom is -0.380 e. The topological polar surface area (TPSA) is 56.2 Å². The second kappa shape index (κ2) is 7.49. The number of amides is 1. The molecule has 0 fully saturated rings. The zero-order valence-corrected chi connectivity index (χ0v) is 14.8. The summed E-state index contributed by atoms with van der Waals surface area (Å²) >= 11 is 0. The van der Waals surface area contributed by atoms with E-state index in [1.165, 1.54) is 0 Å². The van der Waals surface area contributed by atoms with Crippen molar-refractivity contribution in [2.45, 2.75) is 33.0 Å². The molecule has 3 aromatic rings. The lowest BCUT2D eigenvalue weighted by atomic mass is 10.1. The molecule has 1 N–H and O–H groups in total. The van der Waals surface area contributed by atoms with Crippen molar-refractivity contribution in [2.24, 2.45) is 0 Å². The maximum absolute atomic E-state index is 12.5. The maximum atomic E-state index is 12.5. The van der Waals surface area contributed by atoms with Gasteiger partial charge >= 0.3 is 0 Å². The first kappa shape index (κ1) is 17.2. The van der Waals surface area contributed by atoms with Crippen LogP contribution in [0, 0.1) is 0 Å². The van der Waals surface area contributed by atoms with Gasteiger partial charge in [-0.15, -0.1) is 0 Å². The first-order valence-corrected chi connectivity index (χ1v) is 8.48. The smallest absolute Gasteiger partial charge is 0.251 e. The Morgan fingerprint density at radius 3 is 2.60 bits per heavy atom. The van der Waals surface area contributed by atoms with E-state index in [0.29, 0.717) is 12.2 Å². The molecule has 0 spiro atoms. The third-order valence-corrected chi connectivity index (χ3v) is 4.26. The summed E-state index contributed by atoms with van der Waals surface area (Å²) in [5, 5.41) is 3.05. The number of aryl methyl sites for hydroxylation is 1.